The van der Waals surface area contributed by atoms with Crippen molar-refractivity contribution in [3.05, 3.63) is 39.2 Å². The maximum absolute atomic E-state index is 11.9. The third kappa shape index (κ3) is 1.82. The van der Waals surface area contributed by atoms with Crippen LogP contribution in [0.3, 0.4) is 0 Å². The van der Waals surface area contributed by atoms with Gasteiger partial charge in [0.1, 0.15) is 4.70 Å². The third-order valence-corrected chi connectivity index (χ3v) is 3.37. The van der Waals surface area contributed by atoms with Crippen LogP contribution in [-0.4, -0.2) is 9.55 Å². The Labute approximate surface area is 95.6 Å². The molecule has 0 aliphatic heterocycles. The molecule has 0 fully saturated rings. The van der Waals surface area contributed by atoms with E-state index in [2.05, 4.69) is 4.98 Å². The Morgan fingerprint density at radius 3 is 3.20 bits per heavy atom. The van der Waals surface area contributed by atoms with Crippen LogP contribution in [0.1, 0.15) is 5.56 Å². The van der Waals surface area contributed by atoms with Crippen LogP contribution in [0.15, 0.2) is 28.1 Å². The summed E-state index contributed by atoms with van der Waals surface area (Å²) < 4.78 is 2.25. The fraction of sp³-hybridized carbons (Fsp3) is 0.200. The molecule has 0 bridgehead atoms. The molecule has 78 valence electrons. The van der Waals surface area contributed by atoms with E-state index in [-0.39, 0.29) is 5.56 Å². The summed E-state index contributed by atoms with van der Waals surface area (Å²) in [5, 5.41) is 1.95. The Kier molecular flexibility index (Phi) is 2.88. The normalized spacial score (nSPS) is 11.6. The van der Waals surface area contributed by atoms with Crippen LogP contribution in [-0.2, 0) is 6.54 Å². The molecule has 2 rings (SSSR count). The van der Waals surface area contributed by atoms with Gasteiger partial charge in [0.15, 0.2) is 0 Å². The van der Waals surface area contributed by atoms with Crippen molar-refractivity contribution in [2.75, 3.05) is 0 Å². The van der Waals surface area contributed by atoms with Crippen molar-refractivity contribution in [2.45, 2.75) is 13.5 Å². The molecule has 3 nitrogen and oxygen atoms in total. The molecule has 2 heterocycles. The summed E-state index contributed by atoms with van der Waals surface area (Å²) in [6, 6.07) is 0. The van der Waals surface area contributed by atoms with E-state index in [0.717, 1.165) is 11.1 Å². The van der Waals surface area contributed by atoms with Crippen LogP contribution in [0.25, 0.3) is 10.2 Å². The summed E-state index contributed by atoms with van der Waals surface area (Å²) in [7, 11) is 0. The van der Waals surface area contributed by atoms with Crippen molar-refractivity contribution in [1.29, 1.82) is 0 Å². The average molecular weight is 241 g/mol. The number of aromatic nitrogens is 2. The van der Waals surface area contributed by atoms with E-state index < -0.39 is 0 Å². The van der Waals surface area contributed by atoms with E-state index in [0.29, 0.717) is 11.2 Å². The molecular formula is C10H9ClN2OS. The number of aryl methyl sites for hydroxylation is 1. The molecule has 0 amide bonds. The largest absolute Gasteiger partial charge is 0.294 e. The first-order valence-corrected chi connectivity index (χ1v) is 5.74. The van der Waals surface area contributed by atoms with Crippen molar-refractivity contribution < 1.29 is 0 Å². The van der Waals surface area contributed by atoms with Gasteiger partial charge in [-0.2, -0.15) is 0 Å². The molecule has 0 saturated heterocycles. The van der Waals surface area contributed by atoms with Crippen molar-refractivity contribution >= 4 is 33.2 Å². The lowest BCUT2D eigenvalue weighted by Crippen LogP contribution is -2.18. The number of nitrogens with zero attached hydrogens (tertiary/aromatic N) is 2. The lowest BCUT2D eigenvalue weighted by atomic mass is 10.3. The van der Waals surface area contributed by atoms with Crippen LogP contribution in [0, 0.1) is 6.92 Å². The van der Waals surface area contributed by atoms with Gasteiger partial charge in [-0.05, 0) is 17.9 Å². The molecular weight excluding hydrogens is 232 g/mol. The number of hydrogen-bond donors (Lipinski definition) is 0. The standard InChI is InChI=1S/C10H9ClN2OS/c1-7-5-15-9-8(7)12-6-13(10(9)14)4-2-3-11/h2-3,5-6H,4H2,1H3/b3-2+. The van der Waals surface area contributed by atoms with E-state index >= 15 is 0 Å². The highest BCUT2D eigenvalue weighted by Gasteiger charge is 2.06. The van der Waals surface area contributed by atoms with Crippen LogP contribution < -0.4 is 5.56 Å². The van der Waals surface area contributed by atoms with E-state index in [1.54, 1.807) is 12.4 Å². The van der Waals surface area contributed by atoms with E-state index in [1.165, 1.54) is 21.4 Å². The summed E-state index contributed by atoms with van der Waals surface area (Å²) >= 11 is 6.85. The zero-order chi connectivity index (χ0) is 10.8. The lowest BCUT2D eigenvalue weighted by molar-refractivity contribution is 0.769. The molecule has 2 aromatic heterocycles. The minimum atomic E-state index is -0.00660. The monoisotopic (exact) mass is 240 g/mol. The first-order chi connectivity index (χ1) is 7.24. The average Bonchev–Trinajstić information content (AvgIpc) is 2.61. The molecule has 0 atom stereocenters. The minimum absolute atomic E-state index is 0.00660. The molecule has 0 spiro atoms. The van der Waals surface area contributed by atoms with Gasteiger partial charge in [0.25, 0.3) is 5.56 Å². The smallest absolute Gasteiger partial charge is 0.271 e. The number of allylic oxidation sites excluding steroid dienone is 1. The Morgan fingerprint density at radius 2 is 2.47 bits per heavy atom. The lowest BCUT2D eigenvalue weighted by Gasteiger charge is -2.00. The molecule has 0 unspecified atom stereocenters. The highest BCUT2D eigenvalue weighted by molar-refractivity contribution is 7.17. The summed E-state index contributed by atoms with van der Waals surface area (Å²) in [5.74, 6) is 0. The first kappa shape index (κ1) is 10.4. The Balaban J connectivity index is 2.61. The first-order valence-electron chi connectivity index (χ1n) is 4.42. The molecule has 0 saturated carbocycles. The summed E-state index contributed by atoms with van der Waals surface area (Å²) in [6.07, 6.45) is 3.26. The topological polar surface area (TPSA) is 34.9 Å². The molecule has 0 aliphatic carbocycles. The van der Waals surface area contributed by atoms with Gasteiger partial charge < -0.3 is 0 Å². The predicted molar refractivity (Wildman–Crippen MR) is 63.6 cm³/mol. The van der Waals surface area contributed by atoms with Gasteiger partial charge in [0.05, 0.1) is 11.8 Å². The molecule has 15 heavy (non-hydrogen) atoms. The Hall–Kier alpha value is -1.13. The van der Waals surface area contributed by atoms with Gasteiger partial charge >= 0.3 is 0 Å². The summed E-state index contributed by atoms with van der Waals surface area (Å²) in [6.45, 7) is 2.41. The number of thiophene rings is 1. The predicted octanol–water partition coefficient (Wildman–Crippen LogP) is 2.52. The maximum atomic E-state index is 11.9. The van der Waals surface area contributed by atoms with Gasteiger partial charge in [-0.25, -0.2) is 4.98 Å². The molecule has 5 heteroatoms. The second-order valence-corrected chi connectivity index (χ2v) is 4.29. The maximum Gasteiger partial charge on any atom is 0.271 e. The van der Waals surface area contributed by atoms with E-state index in [1.807, 2.05) is 12.3 Å². The Bertz CT molecular complexity index is 570. The number of fused-ring (bicyclic) bond motifs is 1. The van der Waals surface area contributed by atoms with Crippen LogP contribution in [0.2, 0.25) is 0 Å². The van der Waals surface area contributed by atoms with Gasteiger partial charge in [0.2, 0.25) is 0 Å². The number of halogens is 1. The Morgan fingerprint density at radius 1 is 1.67 bits per heavy atom. The van der Waals surface area contributed by atoms with Gasteiger partial charge in [-0.15, -0.1) is 11.3 Å². The van der Waals surface area contributed by atoms with E-state index in [9.17, 15) is 4.79 Å². The van der Waals surface area contributed by atoms with Crippen molar-refractivity contribution in [1.82, 2.24) is 9.55 Å². The highest BCUT2D eigenvalue weighted by atomic mass is 35.5. The van der Waals surface area contributed by atoms with Crippen molar-refractivity contribution in [2.24, 2.45) is 0 Å². The van der Waals surface area contributed by atoms with Crippen LogP contribution in [0.4, 0.5) is 0 Å². The summed E-state index contributed by atoms with van der Waals surface area (Å²) in [4.78, 5) is 16.2. The quantitative estimate of drug-likeness (QED) is 0.809. The van der Waals surface area contributed by atoms with Crippen molar-refractivity contribution in [3.63, 3.8) is 0 Å². The van der Waals surface area contributed by atoms with Crippen LogP contribution in [0.5, 0.6) is 0 Å². The van der Waals surface area contributed by atoms with Gasteiger partial charge in [-0.3, -0.25) is 9.36 Å². The molecule has 0 N–H and O–H groups in total. The van der Waals surface area contributed by atoms with Crippen LogP contribution >= 0.6 is 22.9 Å². The SMILES string of the molecule is Cc1csc2c(=O)n(C/C=C/Cl)cnc12. The van der Waals surface area contributed by atoms with Crippen molar-refractivity contribution in [3.8, 4) is 0 Å². The number of hydrogen-bond acceptors (Lipinski definition) is 3. The molecule has 2 aromatic rings. The second-order valence-electron chi connectivity index (χ2n) is 3.16. The molecule has 0 radical (unpaired) electrons. The second kappa shape index (κ2) is 4.16. The zero-order valence-corrected chi connectivity index (χ0v) is 9.68. The van der Waals surface area contributed by atoms with Gasteiger partial charge in [-0.1, -0.05) is 17.7 Å². The highest BCUT2D eigenvalue weighted by Crippen LogP contribution is 2.19. The van der Waals surface area contributed by atoms with E-state index in [4.69, 9.17) is 11.6 Å². The summed E-state index contributed by atoms with van der Waals surface area (Å²) in [5.41, 5.74) is 3.24. The fourth-order valence-electron chi connectivity index (χ4n) is 1.34. The fourth-order valence-corrected chi connectivity index (χ4v) is 2.37. The minimum Gasteiger partial charge on any atom is -0.294 e. The molecule has 0 aliphatic rings. The molecule has 0 aromatic carbocycles. The van der Waals surface area contributed by atoms with Gasteiger partial charge in [0, 0.05) is 12.1 Å². The number of rotatable bonds is 2. The third-order valence-electron chi connectivity index (χ3n) is 2.11. The zero-order valence-electron chi connectivity index (χ0n) is 8.11.